The van der Waals surface area contributed by atoms with Crippen molar-refractivity contribution in [1.29, 1.82) is 0 Å². The number of piperazine rings is 1. The molecule has 0 atom stereocenters. The highest BCUT2D eigenvalue weighted by Gasteiger charge is 2.23. The molecular weight excluding hydrogens is 447 g/mol. The molecule has 0 bridgehead atoms. The number of anilines is 1. The van der Waals surface area contributed by atoms with Crippen molar-refractivity contribution in [2.24, 2.45) is 4.99 Å². The SMILES string of the molecule is CN=C(NCC(C)(C)SC)N1CCN(c2ccccc2OC)CC1.I. The number of para-hydroxylation sites is 2. The van der Waals surface area contributed by atoms with Crippen LogP contribution in [-0.2, 0) is 0 Å². The van der Waals surface area contributed by atoms with Crippen LogP contribution in [0.15, 0.2) is 29.3 Å². The van der Waals surface area contributed by atoms with Gasteiger partial charge in [0.25, 0.3) is 0 Å². The number of hydrogen-bond acceptors (Lipinski definition) is 4. The van der Waals surface area contributed by atoms with E-state index in [0.717, 1.165) is 44.4 Å². The topological polar surface area (TPSA) is 40.1 Å². The Balaban J connectivity index is 0.00000312. The summed E-state index contributed by atoms with van der Waals surface area (Å²) in [5.74, 6) is 1.94. The average Bonchev–Trinajstić information content (AvgIpc) is 2.62. The first-order chi connectivity index (χ1) is 11.5. The molecule has 1 N–H and O–H groups in total. The molecule has 1 fully saturated rings. The molecule has 142 valence electrons. The second-order valence-corrected chi connectivity index (χ2v) is 8.02. The van der Waals surface area contributed by atoms with Crippen LogP contribution in [0, 0.1) is 0 Å². The molecule has 1 aliphatic rings. The smallest absolute Gasteiger partial charge is 0.193 e. The summed E-state index contributed by atoms with van der Waals surface area (Å²) in [6.07, 6.45) is 2.15. The van der Waals surface area contributed by atoms with E-state index >= 15 is 0 Å². The van der Waals surface area contributed by atoms with Crippen LogP contribution in [0.25, 0.3) is 0 Å². The van der Waals surface area contributed by atoms with Crippen molar-refractivity contribution < 1.29 is 4.74 Å². The number of rotatable bonds is 5. The Morgan fingerprint density at radius 2 is 1.88 bits per heavy atom. The lowest BCUT2D eigenvalue weighted by Crippen LogP contribution is -2.54. The van der Waals surface area contributed by atoms with E-state index in [9.17, 15) is 0 Å². The fourth-order valence-corrected chi connectivity index (χ4v) is 2.96. The highest BCUT2D eigenvalue weighted by Crippen LogP contribution is 2.28. The van der Waals surface area contributed by atoms with Crippen LogP contribution < -0.4 is 15.0 Å². The zero-order valence-corrected chi connectivity index (χ0v) is 19.1. The van der Waals surface area contributed by atoms with Crippen LogP contribution in [0.3, 0.4) is 0 Å². The molecule has 1 aromatic rings. The maximum Gasteiger partial charge on any atom is 0.193 e. The monoisotopic (exact) mass is 478 g/mol. The molecule has 0 aromatic heterocycles. The molecule has 1 heterocycles. The van der Waals surface area contributed by atoms with Crippen molar-refractivity contribution in [2.75, 3.05) is 58.0 Å². The number of aliphatic imine (C=N–C) groups is 1. The Kier molecular flexibility index (Phi) is 9.20. The number of benzene rings is 1. The highest BCUT2D eigenvalue weighted by molar-refractivity contribution is 14.0. The van der Waals surface area contributed by atoms with Crippen LogP contribution in [0.5, 0.6) is 5.75 Å². The summed E-state index contributed by atoms with van der Waals surface area (Å²) in [5.41, 5.74) is 1.17. The van der Waals surface area contributed by atoms with Gasteiger partial charge in [0.05, 0.1) is 12.8 Å². The lowest BCUT2D eigenvalue weighted by molar-refractivity contribution is 0.366. The maximum absolute atomic E-state index is 5.49. The van der Waals surface area contributed by atoms with E-state index in [0.29, 0.717) is 0 Å². The summed E-state index contributed by atoms with van der Waals surface area (Å²) in [7, 11) is 3.59. The van der Waals surface area contributed by atoms with Gasteiger partial charge in [-0.15, -0.1) is 24.0 Å². The van der Waals surface area contributed by atoms with Crippen molar-refractivity contribution in [3.05, 3.63) is 24.3 Å². The molecule has 0 aliphatic carbocycles. The van der Waals surface area contributed by atoms with Gasteiger partial charge in [0.2, 0.25) is 0 Å². The van der Waals surface area contributed by atoms with E-state index in [4.69, 9.17) is 4.74 Å². The number of thioether (sulfide) groups is 1. The van der Waals surface area contributed by atoms with Crippen molar-refractivity contribution in [2.45, 2.75) is 18.6 Å². The number of methoxy groups -OCH3 is 1. The van der Waals surface area contributed by atoms with Gasteiger partial charge in [0, 0.05) is 44.5 Å². The molecule has 0 spiro atoms. The largest absolute Gasteiger partial charge is 0.495 e. The quantitative estimate of drug-likeness (QED) is 0.400. The highest BCUT2D eigenvalue weighted by atomic mass is 127. The van der Waals surface area contributed by atoms with Gasteiger partial charge in [-0.3, -0.25) is 4.99 Å². The average molecular weight is 478 g/mol. The van der Waals surface area contributed by atoms with Crippen molar-refractivity contribution >= 4 is 47.4 Å². The molecule has 1 aromatic carbocycles. The first-order valence-electron chi connectivity index (χ1n) is 8.39. The lowest BCUT2D eigenvalue weighted by atomic mass is 10.2. The molecule has 7 heteroatoms. The molecule has 5 nitrogen and oxygen atoms in total. The summed E-state index contributed by atoms with van der Waals surface area (Å²) in [6.45, 7) is 9.25. The molecule has 1 aliphatic heterocycles. The number of ether oxygens (including phenoxy) is 1. The van der Waals surface area contributed by atoms with Gasteiger partial charge in [-0.25, -0.2) is 0 Å². The summed E-state index contributed by atoms with van der Waals surface area (Å²) < 4.78 is 5.69. The first-order valence-corrected chi connectivity index (χ1v) is 9.62. The Morgan fingerprint density at radius 1 is 1.24 bits per heavy atom. The summed E-state index contributed by atoms with van der Waals surface area (Å²) in [5, 5.41) is 3.52. The third-order valence-corrected chi connectivity index (χ3v) is 5.69. The fourth-order valence-electron chi connectivity index (χ4n) is 2.75. The summed E-state index contributed by atoms with van der Waals surface area (Å²) in [4.78, 5) is 9.18. The van der Waals surface area contributed by atoms with Crippen LogP contribution >= 0.6 is 35.7 Å². The molecule has 2 rings (SSSR count). The van der Waals surface area contributed by atoms with Crippen molar-refractivity contribution in [1.82, 2.24) is 10.2 Å². The van der Waals surface area contributed by atoms with E-state index < -0.39 is 0 Å². The third kappa shape index (κ3) is 6.13. The number of halogens is 1. The predicted molar refractivity (Wildman–Crippen MR) is 121 cm³/mol. The molecule has 25 heavy (non-hydrogen) atoms. The van der Waals surface area contributed by atoms with Crippen LogP contribution in [0.4, 0.5) is 5.69 Å². The predicted octanol–water partition coefficient (Wildman–Crippen LogP) is 3.15. The van der Waals surface area contributed by atoms with Gasteiger partial charge in [-0.1, -0.05) is 12.1 Å². The van der Waals surface area contributed by atoms with Gasteiger partial charge in [-0.05, 0) is 32.2 Å². The van der Waals surface area contributed by atoms with Gasteiger partial charge < -0.3 is 19.9 Å². The normalized spacial score (nSPS) is 15.6. The second-order valence-electron chi connectivity index (χ2n) is 6.51. The van der Waals surface area contributed by atoms with Gasteiger partial charge in [0.1, 0.15) is 5.75 Å². The number of hydrogen-bond donors (Lipinski definition) is 1. The summed E-state index contributed by atoms with van der Waals surface area (Å²) in [6, 6.07) is 8.22. The molecule has 1 saturated heterocycles. The lowest BCUT2D eigenvalue weighted by Gasteiger charge is -2.38. The van der Waals surface area contributed by atoms with Gasteiger partial charge in [-0.2, -0.15) is 11.8 Å². The van der Waals surface area contributed by atoms with Crippen molar-refractivity contribution in [3.63, 3.8) is 0 Å². The van der Waals surface area contributed by atoms with E-state index in [-0.39, 0.29) is 28.7 Å². The minimum Gasteiger partial charge on any atom is -0.495 e. The maximum atomic E-state index is 5.49. The zero-order chi connectivity index (χ0) is 17.6. The standard InChI is InChI=1S/C18H30N4OS.HI/c1-18(2,24-5)14-20-17(19-3)22-12-10-21(11-13-22)15-8-6-7-9-16(15)23-4;/h6-9H,10-14H2,1-5H3,(H,19,20);1H. The van der Waals surface area contributed by atoms with E-state index in [1.165, 1.54) is 5.69 Å². The zero-order valence-electron chi connectivity index (χ0n) is 15.9. The molecule has 0 radical (unpaired) electrons. The first kappa shape index (κ1) is 22.2. The van der Waals surface area contributed by atoms with E-state index in [1.807, 2.05) is 30.9 Å². The fraction of sp³-hybridized carbons (Fsp3) is 0.611. The van der Waals surface area contributed by atoms with Gasteiger partial charge in [0.15, 0.2) is 5.96 Å². The number of nitrogens with zero attached hydrogens (tertiary/aromatic N) is 3. The van der Waals surface area contributed by atoms with Crippen molar-refractivity contribution in [3.8, 4) is 5.75 Å². The van der Waals surface area contributed by atoms with Crippen LogP contribution in [0.2, 0.25) is 0 Å². The Morgan fingerprint density at radius 3 is 2.44 bits per heavy atom. The third-order valence-electron chi connectivity index (χ3n) is 4.44. The molecular formula is C18H31IN4OS. The number of nitrogens with one attached hydrogen (secondary N) is 1. The van der Waals surface area contributed by atoms with Crippen LogP contribution in [0.1, 0.15) is 13.8 Å². The van der Waals surface area contributed by atoms with Crippen LogP contribution in [-0.4, -0.2) is 68.7 Å². The van der Waals surface area contributed by atoms with E-state index in [1.54, 1.807) is 7.11 Å². The van der Waals surface area contributed by atoms with E-state index in [2.05, 4.69) is 52.3 Å². The molecule has 0 saturated carbocycles. The minimum absolute atomic E-state index is 0. The minimum atomic E-state index is 0. The Bertz CT molecular complexity index is 560. The summed E-state index contributed by atoms with van der Waals surface area (Å²) >= 11 is 1.87. The number of guanidine groups is 1. The Hall–Kier alpha value is -0.830. The van der Waals surface area contributed by atoms with Gasteiger partial charge >= 0.3 is 0 Å². The molecule has 0 amide bonds. The molecule has 0 unspecified atom stereocenters. The second kappa shape index (κ2) is 10.4. The Labute approximate surface area is 173 Å².